The van der Waals surface area contributed by atoms with E-state index in [0.717, 1.165) is 26.7 Å². The van der Waals surface area contributed by atoms with Crippen molar-refractivity contribution >= 4 is 17.5 Å². The van der Waals surface area contributed by atoms with E-state index in [4.69, 9.17) is 13.2 Å². The fourth-order valence-corrected chi connectivity index (χ4v) is 4.82. The Morgan fingerprint density at radius 2 is 1.83 bits per heavy atom. The second-order valence-electron chi connectivity index (χ2n) is 11.1. The summed E-state index contributed by atoms with van der Waals surface area (Å²) in [5, 5.41) is 17.9. The van der Waals surface area contributed by atoms with Crippen molar-refractivity contribution in [3.8, 4) is 17.0 Å². The van der Waals surface area contributed by atoms with E-state index in [0.29, 0.717) is 36.6 Å². The molecule has 230 valence electrons. The third-order valence-corrected chi connectivity index (χ3v) is 7.42. The van der Waals surface area contributed by atoms with Crippen molar-refractivity contribution in [3.63, 3.8) is 0 Å². The minimum absolute atomic E-state index is 0.0652. The first kappa shape index (κ1) is 34.3. The van der Waals surface area contributed by atoms with Crippen LogP contribution in [-0.2, 0) is 24.5 Å². The highest BCUT2D eigenvalue weighted by Crippen LogP contribution is 2.42. The van der Waals surface area contributed by atoms with Gasteiger partial charge in [-0.1, -0.05) is 26.8 Å². The average Bonchev–Trinajstić information content (AvgIpc) is 3.20. The Bertz CT molecular complexity index is 1230. The summed E-state index contributed by atoms with van der Waals surface area (Å²) in [7, 11) is 0. The zero-order chi connectivity index (χ0) is 31.2. The number of nitrogens with one attached hydrogen (secondary N) is 1. The van der Waals surface area contributed by atoms with Gasteiger partial charge in [0.2, 0.25) is 0 Å². The number of hydrogen-bond acceptors (Lipinski definition) is 6. The topological polar surface area (TPSA) is 111 Å². The van der Waals surface area contributed by atoms with E-state index in [9.17, 15) is 31.9 Å². The molecule has 1 aromatic carbocycles. The molecule has 1 heterocycles. The molecule has 14 heteroatoms. The second-order valence-corrected chi connectivity index (χ2v) is 11.2. The Morgan fingerprint density at radius 1 is 1.24 bits per heavy atom. The van der Waals surface area contributed by atoms with Gasteiger partial charge in [-0.05, 0) is 69.6 Å². The van der Waals surface area contributed by atoms with Gasteiger partial charge in [-0.25, -0.2) is 0 Å². The fourth-order valence-electron chi connectivity index (χ4n) is 4.82. The molecule has 8 nitrogen and oxygen atoms in total. The highest BCUT2D eigenvalue weighted by molar-refractivity contribution is 7.51. The van der Waals surface area contributed by atoms with Gasteiger partial charge in [0.1, 0.15) is 5.75 Å². The Kier molecular flexibility index (Phi) is 11.6. The Balaban J connectivity index is 0.00000187. The number of amides is 1. The van der Waals surface area contributed by atoms with Gasteiger partial charge >= 0.3 is 24.4 Å². The predicted octanol–water partition coefficient (Wildman–Crippen LogP) is 5.61. The molecule has 2 N–H and O–H groups in total. The molecule has 1 aromatic heterocycles. The van der Waals surface area contributed by atoms with Crippen LogP contribution in [0.15, 0.2) is 18.2 Å². The van der Waals surface area contributed by atoms with E-state index in [2.05, 4.69) is 17.3 Å². The lowest BCUT2D eigenvalue weighted by Crippen LogP contribution is -2.45. The van der Waals surface area contributed by atoms with Crippen LogP contribution < -0.4 is 10.1 Å². The van der Waals surface area contributed by atoms with Crippen LogP contribution in [0.4, 0.5) is 22.0 Å². The summed E-state index contributed by atoms with van der Waals surface area (Å²) in [6.07, 6.45) is -2.04. The molecular weight excluding hydrogens is 573 g/mol. The van der Waals surface area contributed by atoms with Crippen LogP contribution >= 0.6 is 0 Å². The minimum Gasteiger partial charge on any atom is -0.434 e. The number of aromatic nitrogens is 2. The summed E-state index contributed by atoms with van der Waals surface area (Å²) in [6, 6.07) is 4.04. The summed E-state index contributed by atoms with van der Waals surface area (Å²) >= 11 is -0.750. The molecule has 0 spiro atoms. The predicted molar refractivity (Wildman–Crippen MR) is 142 cm³/mol. The van der Waals surface area contributed by atoms with E-state index in [1.54, 1.807) is 13.8 Å². The number of nitrogens with zero attached hydrogens (tertiary/aromatic N) is 2. The molecule has 2 aromatic rings. The van der Waals surface area contributed by atoms with Crippen molar-refractivity contribution in [1.82, 2.24) is 15.1 Å². The number of carbonyl (C=O) groups excluding carboxylic acids is 1. The third kappa shape index (κ3) is 8.81. The summed E-state index contributed by atoms with van der Waals surface area (Å²) in [6.45, 7) is 4.73. The van der Waals surface area contributed by atoms with Crippen LogP contribution in [-0.4, -0.2) is 54.1 Å². The lowest BCUT2D eigenvalue weighted by molar-refractivity contribution is -0.211. The lowest BCUT2D eigenvalue weighted by Gasteiger charge is -2.34. The Hall–Kier alpha value is -2.87. The van der Waals surface area contributed by atoms with Crippen LogP contribution in [0.3, 0.4) is 0 Å². The average molecular weight is 610 g/mol. The number of hydrogen-bond donors (Lipinski definition) is 2. The van der Waals surface area contributed by atoms with E-state index < -0.39 is 47.7 Å². The molecule has 1 aliphatic carbocycles. The van der Waals surface area contributed by atoms with Crippen LogP contribution in [0.25, 0.3) is 11.3 Å². The number of rotatable bonds is 9. The zero-order valence-corrected chi connectivity index (χ0v) is 24.4. The molecule has 0 unspecified atom stereocenters. The van der Waals surface area contributed by atoms with Gasteiger partial charge in [-0.15, -0.1) is 0 Å². The lowest BCUT2D eigenvalue weighted by atomic mass is 9.79. The maximum Gasteiger partial charge on any atom is 0.394 e. The number of ether oxygens (including phenoxy) is 1. The standard InChI is InChI=1S/C27H36F5N3O3.O2S/c1-6-35-22(17(3)21(34-35)23(36)33-15-26(37)11-9-16(2)10-12-26)19-8-7-18(13-20(19)38-24(28)29)14-25(4,5)27(30,31)32;1-3-2/h7-8,13,16,24,37H,6,9-12,14-15H2,1-5H3,(H,33,36);. The summed E-state index contributed by atoms with van der Waals surface area (Å²) < 4.78 is 89.6. The summed E-state index contributed by atoms with van der Waals surface area (Å²) in [4.78, 5) is 13.0. The van der Waals surface area contributed by atoms with Gasteiger partial charge < -0.3 is 15.2 Å². The van der Waals surface area contributed by atoms with Crippen LogP contribution in [0.2, 0.25) is 0 Å². The SMILES string of the molecule is CCn1nc(C(=O)NCC2(O)CCC(C)CC2)c(C)c1-c1ccc(CC(C)(C)C(F)(F)F)cc1OC(F)F.O=S=O. The molecule has 41 heavy (non-hydrogen) atoms. The van der Waals surface area contributed by atoms with E-state index in [1.807, 2.05) is 0 Å². The molecule has 0 saturated heterocycles. The van der Waals surface area contributed by atoms with Crippen molar-refractivity contribution in [1.29, 1.82) is 0 Å². The van der Waals surface area contributed by atoms with E-state index in [-0.39, 0.29) is 29.1 Å². The number of alkyl halides is 5. The van der Waals surface area contributed by atoms with E-state index in [1.165, 1.54) is 22.9 Å². The molecular formula is C27H36F5N3O5S. The van der Waals surface area contributed by atoms with Gasteiger partial charge in [0, 0.05) is 24.2 Å². The first-order valence-electron chi connectivity index (χ1n) is 13.1. The highest BCUT2D eigenvalue weighted by Gasteiger charge is 2.47. The first-order valence-corrected chi connectivity index (χ1v) is 13.8. The fraction of sp³-hybridized carbons (Fsp3) is 0.630. The quantitative estimate of drug-likeness (QED) is 0.358. The van der Waals surface area contributed by atoms with Crippen molar-refractivity contribution in [2.75, 3.05) is 6.54 Å². The zero-order valence-electron chi connectivity index (χ0n) is 23.6. The Morgan fingerprint density at radius 3 is 2.34 bits per heavy atom. The van der Waals surface area contributed by atoms with Crippen LogP contribution in [0, 0.1) is 18.3 Å². The van der Waals surface area contributed by atoms with Crippen molar-refractivity contribution in [2.24, 2.45) is 11.3 Å². The molecule has 0 radical (unpaired) electrons. The van der Waals surface area contributed by atoms with Crippen LogP contribution in [0.1, 0.15) is 75.0 Å². The number of aliphatic hydroxyl groups is 1. The van der Waals surface area contributed by atoms with Crippen LogP contribution in [0.5, 0.6) is 5.75 Å². The normalized spacial score (nSPS) is 19.4. The minimum atomic E-state index is -4.49. The van der Waals surface area contributed by atoms with Gasteiger partial charge in [-0.2, -0.15) is 35.5 Å². The smallest absolute Gasteiger partial charge is 0.394 e. The maximum atomic E-state index is 13.4. The van der Waals surface area contributed by atoms with Gasteiger partial charge in [-0.3, -0.25) is 9.48 Å². The first-order chi connectivity index (χ1) is 19.0. The summed E-state index contributed by atoms with van der Waals surface area (Å²) in [5.74, 6) is -0.291. The number of carbonyl (C=O) groups is 1. The molecule has 1 aliphatic rings. The molecule has 1 saturated carbocycles. The Labute approximate surface area is 239 Å². The summed E-state index contributed by atoms with van der Waals surface area (Å²) in [5.41, 5.74) is -1.89. The van der Waals surface area contributed by atoms with Gasteiger partial charge in [0.15, 0.2) is 5.69 Å². The molecule has 0 bridgehead atoms. The molecule has 0 aliphatic heterocycles. The van der Waals surface area contributed by atoms with Crippen molar-refractivity contribution in [3.05, 3.63) is 35.0 Å². The molecule has 1 fully saturated rings. The maximum absolute atomic E-state index is 13.4. The highest BCUT2D eigenvalue weighted by atomic mass is 32.1. The monoisotopic (exact) mass is 609 g/mol. The third-order valence-electron chi connectivity index (χ3n) is 7.42. The number of benzene rings is 1. The number of halogens is 5. The molecule has 3 rings (SSSR count). The largest absolute Gasteiger partial charge is 0.434 e. The number of aryl methyl sites for hydroxylation is 1. The van der Waals surface area contributed by atoms with Crippen molar-refractivity contribution in [2.45, 2.75) is 91.7 Å². The van der Waals surface area contributed by atoms with Crippen molar-refractivity contribution < 1.29 is 45.0 Å². The van der Waals surface area contributed by atoms with E-state index >= 15 is 0 Å². The molecule has 1 amide bonds. The van der Waals surface area contributed by atoms with Gasteiger partial charge in [0.25, 0.3) is 5.91 Å². The molecule has 0 atom stereocenters. The van der Waals surface area contributed by atoms with Gasteiger partial charge in [0.05, 0.1) is 16.7 Å². The second kappa shape index (κ2) is 13.9.